The van der Waals surface area contributed by atoms with E-state index in [1.165, 1.54) is 0 Å². The number of piperidine rings is 1. The number of likely N-dealkylation sites (N-methyl/N-ethyl adjacent to an activating group) is 1. The summed E-state index contributed by atoms with van der Waals surface area (Å²) >= 11 is 0. The number of nitrogens with zero attached hydrogens (tertiary/aromatic N) is 7. The average Bonchev–Trinajstić information content (AvgIpc) is 3.29. The predicted octanol–water partition coefficient (Wildman–Crippen LogP) is 1.80. The van der Waals surface area contributed by atoms with Gasteiger partial charge in [-0.15, -0.1) is 0 Å². The van der Waals surface area contributed by atoms with E-state index >= 15 is 0 Å². The molecule has 0 aromatic heterocycles. The molecule has 2 N–H and O–H groups in total. The van der Waals surface area contributed by atoms with E-state index in [0.717, 1.165) is 47.8 Å². The fourth-order valence-electron chi connectivity index (χ4n) is 6.96. The number of nitrogens with one attached hydrogen (secondary N) is 2. The van der Waals surface area contributed by atoms with Crippen molar-refractivity contribution in [2.24, 2.45) is 21.0 Å². The quantitative estimate of drug-likeness (QED) is 0.459. The third kappa shape index (κ3) is 5.07. The summed E-state index contributed by atoms with van der Waals surface area (Å²) in [5.74, 6) is 1.17. The first-order valence-corrected chi connectivity index (χ1v) is 15.0. The second-order valence-electron chi connectivity index (χ2n) is 12.4. The van der Waals surface area contributed by atoms with E-state index in [1.807, 2.05) is 42.1 Å². The Balaban J connectivity index is 1.39. The molecule has 5 aliphatic heterocycles. The van der Waals surface area contributed by atoms with Gasteiger partial charge < -0.3 is 24.8 Å². The van der Waals surface area contributed by atoms with Crippen LogP contribution in [0.1, 0.15) is 46.5 Å². The number of ether oxygens (including phenoxy) is 1. The third-order valence-corrected chi connectivity index (χ3v) is 9.17. The first-order valence-electron chi connectivity index (χ1n) is 15.0. The molecule has 2 saturated heterocycles. The first kappa shape index (κ1) is 28.4. The van der Waals surface area contributed by atoms with Gasteiger partial charge in [0.2, 0.25) is 11.8 Å². The maximum absolute atomic E-state index is 14.2. The monoisotopic (exact) mass is 575 g/mol. The fraction of sp³-hybridized carbons (Fsp3) is 0.633. The number of carbonyl (C=O) groups is 2. The summed E-state index contributed by atoms with van der Waals surface area (Å²) < 4.78 is 6.03. The highest BCUT2D eigenvalue weighted by Crippen LogP contribution is 2.42. The second-order valence-corrected chi connectivity index (χ2v) is 12.4. The van der Waals surface area contributed by atoms with Gasteiger partial charge in [0, 0.05) is 51.8 Å². The zero-order valence-electron chi connectivity index (χ0n) is 25.0. The average molecular weight is 576 g/mol. The van der Waals surface area contributed by atoms with E-state index in [-0.39, 0.29) is 30.5 Å². The van der Waals surface area contributed by atoms with Crippen LogP contribution in [-0.4, -0.2) is 119 Å². The van der Waals surface area contributed by atoms with Gasteiger partial charge in [-0.3, -0.25) is 9.59 Å². The number of fused-ring (bicyclic) bond motifs is 3. The van der Waals surface area contributed by atoms with E-state index in [9.17, 15) is 9.59 Å². The molecule has 12 heteroatoms. The van der Waals surface area contributed by atoms with Crippen molar-refractivity contribution in [2.45, 2.75) is 70.3 Å². The van der Waals surface area contributed by atoms with Gasteiger partial charge >= 0.3 is 0 Å². The number of hydrazone groups is 1. The number of hydrogen-bond acceptors (Lipinski definition) is 10. The number of likely N-dealkylation sites (tertiary alicyclic amines) is 1. The molecule has 12 nitrogen and oxygen atoms in total. The van der Waals surface area contributed by atoms with Gasteiger partial charge in [0.25, 0.3) is 0 Å². The molecule has 5 heterocycles. The molecule has 1 aliphatic carbocycles. The first-order chi connectivity index (χ1) is 20.2. The van der Waals surface area contributed by atoms with Crippen molar-refractivity contribution >= 4 is 29.4 Å². The molecule has 0 aromatic rings. The molecule has 4 atom stereocenters. The minimum absolute atomic E-state index is 0.0188. The number of rotatable bonds is 1. The van der Waals surface area contributed by atoms with Crippen LogP contribution >= 0.6 is 0 Å². The third-order valence-electron chi connectivity index (χ3n) is 9.17. The van der Waals surface area contributed by atoms with Crippen LogP contribution in [0.25, 0.3) is 0 Å². The van der Waals surface area contributed by atoms with Crippen LogP contribution in [-0.2, 0) is 14.3 Å². The SMILES string of the molecule is CC1=CC2C(=O)N3CCCCC3C3=NN4C(=C(C)C(N5CC(N=C=N)C5)=NC4(C)C3)N(C)CCNC(=O)COC2C=C1. The highest BCUT2D eigenvalue weighted by atomic mass is 16.5. The number of amidine groups is 1. The van der Waals surface area contributed by atoms with Gasteiger partial charge in [0.05, 0.1) is 35.8 Å². The van der Waals surface area contributed by atoms with Crippen molar-refractivity contribution in [3.63, 3.8) is 0 Å². The largest absolute Gasteiger partial charge is 0.363 e. The Morgan fingerprint density at radius 2 is 2.02 bits per heavy atom. The van der Waals surface area contributed by atoms with Crippen LogP contribution in [0.15, 0.2) is 50.3 Å². The smallest absolute Gasteiger partial charge is 0.246 e. The number of hydrogen-bond donors (Lipinski definition) is 2. The minimum Gasteiger partial charge on any atom is -0.363 e. The molecule has 6 rings (SSSR count). The summed E-state index contributed by atoms with van der Waals surface area (Å²) in [4.78, 5) is 42.7. The summed E-state index contributed by atoms with van der Waals surface area (Å²) in [5.41, 5.74) is 2.34. The van der Waals surface area contributed by atoms with Gasteiger partial charge in [-0.2, -0.15) is 5.10 Å². The Kier molecular flexibility index (Phi) is 7.53. The maximum atomic E-state index is 14.2. The molecule has 2 bridgehead atoms. The van der Waals surface area contributed by atoms with Crippen molar-refractivity contribution in [2.75, 3.05) is 46.4 Å². The topological polar surface area (TPSA) is 129 Å². The van der Waals surface area contributed by atoms with Crippen molar-refractivity contribution in [1.82, 2.24) is 25.0 Å². The predicted molar refractivity (Wildman–Crippen MR) is 159 cm³/mol. The Labute approximate surface area is 247 Å². The van der Waals surface area contributed by atoms with Crippen LogP contribution in [0.3, 0.4) is 0 Å². The van der Waals surface area contributed by atoms with E-state index in [1.54, 1.807) is 0 Å². The van der Waals surface area contributed by atoms with Gasteiger partial charge in [-0.25, -0.2) is 20.4 Å². The lowest BCUT2D eigenvalue weighted by atomic mass is 9.88. The van der Waals surface area contributed by atoms with Crippen LogP contribution in [0.5, 0.6) is 0 Å². The molecule has 0 spiro atoms. The summed E-state index contributed by atoms with van der Waals surface area (Å²) in [5, 5.41) is 17.5. The van der Waals surface area contributed by atoms with E-state index in [2.05, 4.69) is 40.0 Å². The van der Waals surface area contributed by atoms with E-state index < -0.39 is 17.7 Å². The highest BCUT2D eigenvalue weighted by Gasteiger charge is 2.50. The van der Waals surface area contributed by atoms with Crippen LogP contribution in [0.4, 0.5) is 0 Å². The summed E-state index contributed by atoms with van der Waals surface area (Å²) in [6.07, 6.45) is 8.77. The second kappa shape index (κ2) is 11.1. The molecular weight excluding hydrogens is 534 g/mol. The molecule has 0 aromatic carbocycles. The van der Waals surface area contributed by atoms with Crippen molar-refractivity contribution in [3.05, 3.63) is 35.2 Å². The summed E-state index contributed by atoms with van der Waals surface area (Å²) in [7, 11) is 2.02. The van der Waals surface area contributed by atoms with Gasteiger partial charge in [0.1, 0.15) is 18.3 Å². The molecule has 0 radical (unpaired) electrons. The highest BCUT2D eigenvalue weighted by molar-refractivity contribution is 6.02. The molecule has 0 saturated carbocycles. The number of aliphatic imine (C=N–C) groups is 2. The minimum atomic E-state index is -0.650. The summed E-state index contributed by atoms with van der Waals surface area (Å²) in [6.45, 7) is 9.11. The van der Waals surface area contributed by atoms with Crippen molar-refractivity contribution in [3.8, 4) is 0 Å². The molecular formula is C30H41N9O3. The zero-order chi connectivity index (χ0) is 29.6. The number of amides is 2. The standard InChI is InChI=1S/C30H41N9O3/c1-19-8-9-25-22(13-19)29(41)38-11-6-5-7-24(38)23-14-30(3)34-27(37-15-21(16-37)33-18-31)20(2)28(39(30)35-23)36(4)12-10-32-26(40)17-42-25/h8-9,13,21-22,24-25,31H,5-7,10-12,14-17H2,1-4H3,(H,32,40). The van der Waals surface area contributed by atoms with Crippen LogP contribution in [0.2, 0.25) is 0 Å². The van der Waals surface area contributed by atoms with E-state index in [0.29, 0.717) is 39.1 Å². The molecule has 224 valence electrons. The van der Waals surface area contributed by atoms with Crippen molar-refractivity contribution < 1.29 is 14.3 Å². The van der Waals surface area contributed by atoms with Gasteiger partial charge in [-0.05, 0) is 40.0 Å². The lowest BCUT2D eigenvalue weighted by Crippen LogP contribution is -2.57. The normalized spacial score (nSPS) is 32.3. The summed E-state index contributed by atoms with van der Waals surface area (Å²) in [6, 6.07) is 2.10. The van der Waals surface area contributed by atoms with Gasteiger partial charge in [-0.1, -0.05) is 23.8 Å². The van der Waals surface area contributed by atoms with Crippen molar-refractivity contribution in [1.29, 1.82) is 5.41 Å². The molecule has 4 unspecified atom stereocenters. The zero-order valence-corrected chi connectivity index (χ0v) is 25.0. The fourth-order valence-corrected chi connectivity index (χ4v) is 6.96. The van der Waals surface area contributed by atoms with E-state index in [4.69, 9.17) is 20.2 Å². The Bertz CT molecular complexity index is 1350. The molecule has 6 aliphatic rings. The van der Waals surface area contributed by atoms with Gasteiger partial charge in [0.15, 0.2) is 5.66 Å². The van der Waals surface area contributed by atoms with Crippen LogP contribution in [0, 0.1) is 11.3 Å². The lowest BCUT2D eigenvalue weighted by molar-refractivity contribution is -0.141. The molecule has 42 heavy (non-hydrogen) atoms. The molecule has 2 amide bonds. The van der Waals surface area contributed by atoms with Crippen LogP contribution < -0.4 is 5.32 Å². The Hall–Kier alpha value is -3.76. The maximum Gasteiger partial charge on any atom is 0.246 e. The molecule has 2 fully saturated rings. The number of allylic oxidation sites excluding steroid dienone is 2. The Morgan fingerprint density at radius 1 is 1.21 bits per heavy atom. The number of carbonyl (C=O) groups excluding carboxylic acids is 2. The Morgan fingerprint density at radius 3 is 2.81 bits per heavy atom. The lowest BCUT2D eigenvalue weighted by Gasteiger charge is -2.46.